The van der Waals surface area contributed by atoms with E-state index in [9.17, 15) is 0 Å². The van der Waals surface area contributed by atoms with Gasteiger partial charge in [-0.05, 0) is 23.8 Å². The molecule has 0 saturated carbocycles. The summed E-state index contributed by atoms with van der Waals surface area (Å²) in [6.45, 7) is 0. The second kappa shape index (κ2) is 4.61. The van der Waals surface area contributed by atoms with E-state index in [1.165, 1.54) is 0 Å². The summed E-state index contributed by atoms with van der Waals surface area (Å²) < 4.78 is 6.86. The minimum Gasteiger partial charge on any atom is -0.497 e. The Kier molecular flexibility index (Phi) is 2.79. The number of hydrogen-bond acceptors (Lipinski definition) is 4. The molecule has 0 saturated heterocycles. The van der Waals surface area contributed by atoms with Gasteiger partial charge in [-0.3, -0.25) is 0 Å². The standard InChI is InChI=1S/C14H14N4O/c1-19-12-4-2-10(3-5-12)8-13-16-14-9-11(15)6-7-18(14)17-13/h2-7,9H,8,15H2,1H3. The van der Waals surface area contributed by atoms with Gasteiger partial charge >= 0.3 is 0 Å². The van der Waals surface area contributed by atoms with Crippen molar-refractivity contribution >= 4 is 11.3 Å². The van der Waals surface area contributed by atoms with Crippen LogP contribution >= 0.6 is 0 Å². The number of rotatable bonds is 3. The second-order valence-electron chi connectivity index (χ2n) is 4.32. The molecule has 3 aromatic rings. The molecule has 2 aromatic heterocycles. The second-order valence-corrected chi connectivity index (χ2v) is 4.32. The van der Waals surface area contributed by atoms with Crippen molar-refractivity contribution in [2.24, 2.45) is 0 Å². The third-order valence-electron chi connectivity index (χ3n) is 2.93. The Morgan fingerprint density at radius 2 is 2.00 bits per heavy atom. The van der Waals surface area contributed by atoms with E-state index in [0.29, 0.717) is 12.1 Å². The SMILES string of the molecule is COc1ccc(Cc2nc3cc(N)ccn3n2)cc1. The van der Waals surface area contributed by atoms with E-state index in [1.54, 1.807) is 17.7 Å². The maximum Gasteiger partial charge on any atom is 0.157 e. The molecular formula is C14H14N4O. The van der Waals surface area contributed by atoms with E-state index in [4.69, 9.17) is 10.5 Å². The van der Waals surface area contributed by atoms with E-state index in [0.717, 1.165) is 22.8 Å². The molecule has 5 nitrogen and oxygen atoms in total. The molecule has 0 unspecified atom stereocenters. The number of nitrogens with two attached hydrogens (primary N) is 1. The first-order valence-corrected chi connectivity index (χ1v) is 5.98. The van der Waals surface area contributed by atoms with Gasteiger partial charge in [0.25, 0.3) is 0 Å². The Morgan fingerprint density at radius 3 is 2.74 bits per heavy atom. The summed E-state index contributed by atoms with van der Waals surface area (Å²) in [6, 6.07) is 11.5. The summed E-state index contributed by atoms with van der Waals surface area (Å²) >= 11 is 0. The van der Waals surface area contributed by atoms with Crippen LogP contribution in [-0.4, -0.2) is 21.7 Å². The van der Waals surface area contributed by atoms with Gasteiger partial charge in [-0.25, -0.2) is 9.50 Å². The molecular weight excluding hydrogens is 240 g/mol. The fraction of sp³-hybridized carbons (Fsp3) is 0.143. The molecule has 2 heterocycles. The van der Waals surface area contributed by atoms with Crippen LogP contribution in [0.1, 0.15) is 11.4 Å². The number of nitrogen functional groups attached to an aromatic ring is 1. The molecule has 96 valence electrons. The molecule has 5 heteroatoms. The molecule has 0 spiro atoms. The number of hydrogen-bond donors (Lipinski definition) is 1. The lowest BCUT2D eigenvalue weighted by Gasteiger charge is -2.00. The number of benzene rings is 1. The average molecular weight is 254 g/mol. The van der Waals surface area contributed by atoms with Crippen LogP contribution in [0, 0.1) is 0 Å². The van der Waals surface area contributed by atoms with Crippen molar-refractivity contribution in [2.75, 3.05) is 12.8 Å². The number of fused-ring (bicyclic) bond motifs is 1. The largest absolute Gasteiger partial charge is 0.497 e. The summed E-state index contributed by atoms with van der Waals surface area (Å²) in [5.41, 5.74) is 8.32. The van der Waals surface area contributed by atoms with E-state index in [-0.39, 0.29) is 0 Å². The first kappa shape index (κ1) is 11.5. The highest BCUT2D eigenvalue weighted by Gasteiger charge is 2.05. The normalized spacial score (nSPS) is 10.8. The van der Waals surface area contributed by atoms with Crippen LogP contribution in [0.3, 0.4) is 0 Å². The smallest absolute Gasteiger partial charge is 0.157 e. The number of methoxy groups -OCH3 is 1. The van der Waals surface area contributed by atoms with Crippen molar-refractivity contribution in [3.63, 3.8) is 0 Å². The van der Waals surface area contributed by atoms with Gasteiger partial charge in [0.1, 0.15) is 5.75 Å². The van der Waals surface area contributed by atoms with Gasteiger partial charge in [0, 0.05) is 24.4 Å². The molecule has 0 aliphatic heterocycles. The zero-order chi connectivity index (χ0) is 13.2. The summed E-state index contributed by atoms with van der Waals surface area (Å²) in [4.78, 5) is 4.45. The van der Waals surface area contributed by atoms with Crippen molar-refractivity contribution in [1.29, 1.82) is 0 Å². The molecule has 0 atom stereocenters. The zero-order valence-corrected chi connectivity index (χ0v) is 10.6. The van der Waals surface area contributed by atoms with Gasteiger partial charge in [0.2, 0.25) is 0 Å². The molecule has 2 N–H and O–H groups in total. The van der Waals surface area contributed by atoms with Crippen LogP contribution in [0.25, 0.3) is 5.65 Å². The van der Waals surface area contributed by atoms with E-state index in [2.05, 4.69) is 10.1 Å². The topological polar surface area (TPSA) is 65.4 Å². The third kappa shape index (κ3) is 2.35. The quantitative estimate of drug-likeness (QED) is 0.775. The van der Waals surface area contributed by atoms with Gasteiger partial charge in [-0.1, -0.05) is 12.1 Å². The zero-order valence-electron chi connectivity index (χ0n) is 10.6. The van der Waals surface area contributed by atoms with Gasteiger partial charge in [0.15, 0.2) is 11.5 Å². The Bertz CT molecular complexity index is 703. The Balaban J connectivity index is 1.87. The molecule has 0 radical (unpaired) electrons. The average Bonchev–Trinajstić information content (AvgIpc) is 2.81. The van der Waals surface area contributed by atoms with Crippen LogP contribution < -0.4 is 10.5 Å². The van der Waals surface area contributed by atoms with Crippen molar-refractivity contribution in [3.05, 3.63) is 54.0 Å². The highest BCUT2D eigenvalue weighted by atomic mass is 16.5. The lowest BCUT2D eigenvalue weighted by molar-refractivity contribution is 0.414. The lowest BCUT2D eigenvalue weighted by Crippen LogP contribution is -1.92. The minimum absolute atomic E-state index is 0.686. The van der Waals surface area contributed by atoms with E-state index < -0.39 is 0 Å². The van der Waals surface area contributed by atoms with Crippen molar-refractivity contribution in [3.8, 4) is 5.75 Å². The molecule has 0 amide bonds. The fourth-order valence-corrected chi connectivity index (χ4v) is 1.94. The predicted molar refractivity (Wildman–Crippen MR) is 73.2 cm³/mol. The fourth-order valence-electron chi connectivity index (χ4n) is 1.94. The first-order valence-electron chi connectivity index (χ1n) is 5.98. The van der Waals surface area contributed by atoms with Gasteiger partial charge in [-0.2, -0.15) is 5.10 Å². The number of pyridine rings is 1. The number of aromatic nitrogens is 3. The Labute approximate surface area is 110 Å². The number of anilines is 1. The summed E-state index contributed by atoms with van der Waals surface area (Å²) in [5.74, 6) is 1.62. The van der Waals surface area contributed by atoms with Gasteiger partial charge in [-0.15, -0.1) is 0 Å². The van der Waals surface area contributed by atoms with E-state index >= 15 is 0 Å². The molecule has 0 aliphatic rings. The van der Waals surface area contributed by atoms with Crippen LogP contribution in [-0.2, 0) is 6.42 Å². The van der Waals surface area contributed by atoms with Crippen LogP contribution in [0.5, 0.6) is 5.75 Å². The molecule has 3 rings (SSSR count). The maximum absolute atomic E-state index is 5.72. The van der Waals surface area contributed by atoms with E-state index in [1.807, 2.05) is 36.5 Å². The maximum atomic E-state index is 5.72. The van der Waals surface area contributed by atoms with Crippen LogP contribution in [0.2, 0.25) is 0 Å². The van der Waals surface area contributed by atoms with Gasteiger partial charge in [0.05, 0.1) is 7.11 Å². The molecule has 0 aliphatic carbocycles. The van der Waals surface area contributed by atoms with Crippen LogP contribution in [0.4, 0.5) is 5.69 Å². The molecule has 1 aromatic carbocycles. The predicted octanol–water partition coefficient (Wildman–Crippen LogP) is 1.91. The summed E-state index contributed by atoms with van der Waals surface area (Å²) in [6.07, 6.45) is 2.50. The highest BCUT2D eigenvalue weighted by Crippen LogP contribution is 2.14. The number of nitrogens with zero attached hydrogens (tertiary/aromatic N) is 3. The van der Waals surface area contributed by atoms with Crippen molar-refractivity contribution in [1.82, 2.24) is 14.6 Å². The Hall–Kier alpha value is -2.56. The van der Waals surface area contributed by atoms with Crippen LogP contribution in [0.15, 0.2) is 42.6 Å². The highest BCUT2D eigenvalue weighted by molar-refractivity contribution is 5.50. The van der Waals surface area contributed by atoms with Crippen molar-refractivity contribution < 1.29 is 4.74 Å². The van der Waals surface area contributed by atoms with Gasteiger partial charge < -0.3 is 10.5 Å². The summed E-state index contributed by atoms with van der Waals surface area (Å²) in [5, 5.41) is 4.41. The molecule has 19 heavy (non-hydrogen) atoms. The Morgan fingerprint density at radius 1 is 1.21 bits per heavy atom. The number of ether oxygens (including phenoxy) is 1. The first-order chi connectivity index (χ1) is 9.24. The van der Waals surface area contributed by atoms with Crippen molar-refractivity contribution in [2.45, 2.75) is 6.42 Å². The molecule has 0 fully saturated rings. The third-order valence-corrected chi connectivity index (χ3v) is 2.93. The monoisotopic (exact) mass is 254 g/mol. The minimum atomic E-state index is 0.686. The molecule has 0 bridgehead atoms. The summed E-state index contributed by atoms with van der Waals surface area (Å²) in [7, 11) is 1.66. The lowest BCUT2D eigenvalue weighted by atomic mass is 10.1.